The minimum Gasteiger partial charge on any atom is -0.293 e. The first-order valence-electron chi connectivity index (χ1n) is 5.80. The summed E-state index contributed by atoms with van der Waals surface area (Å²) in [6.07, 6.45) is 2.36. The Hall–Kier alpha value is -0.610. The van der Waals surface area contributed by atoms with Gasteiger partial charge in [-0.1, -0.05) is 20.8 Å². The Morgan fingerprint density at radius 1 is 1.40 bits per heavy atom. The maximum Gasteiger partial charge on any atom is 0.251 e. The van der Waals surface area contributed by atoms with E-state index in [9.17, 15) is 4.79 Å². The number of nitrogens with one attached hydrogen (secondary N) is 1. The lowest BCUT2D eigenvalue weighted by molar-refractivity contribution is -0.128. The molecule has 0 spiro atoms. The molecule has 0 aromatic heterocycles. The third kappa shape index (κ3) is 3.18. The number of likely N-dealkylation sites (tertiary alicyclic amines) is 1. The van der Waals surface area contributed by atoms with Gasteiger partial charge in [0.25, 0.3) is 5.91 Å². The van der Waals surface area contributed by atoms with Crippen molar-refractivity contribution in [3.8, 4) is 0 Å². The molecule has 3 N–H and O–H groups in total. The van der Waals surface area contributed by atoms with Gasteiger partial charge in [0.15, 0.2) is 0 Å². The molecule has 0 aromatic carbocycles. The minimum atomic E-state index is -0.0671. The predicted octanol–water partition coefficient (Wildman–Crippen LogP) is 0.733. The summed E-state index contributed by atoms with van der Waals surface area (Å²) in [7, 11) is 0. The third-order valence-corrected chi connectivity index (χ3v) is 3.25. The highest BCUT2D eigenvalue weighted by atomic mass is 16.2. The van der Waals surface area contributed by atoms with Gasteiger partial charge in [0, 0.05) is 0 Å². The molecule has 1 rings (SSSR count). The molecule has 0 bridgehead atoms. The molecule has 1 heterocycles. The summed E-state index contributed by atoms with van der Waals surface area (Å²) in [5.41, 5.74) is 2.27. The number of hydrazine groups is 1. The number of hydrogen-bond acceptors (Lipinski definition) is 3. The second-order valence-electron chi connectivity index (χ2n) is 4.92. The standard InChI is InChI=1S/C11H23N3O/c1-8(2)10(11(15)13-12)14-6-4-9(3)5-7-14/h8-10H,4-7,12H2,1-3H3,(H,13,15)/t10-/m1/s1. The molecule has 1 amide bonds. The van der Waals surface area contributed by atoms with Crippen molar-refractivity contribution in [1.29, 1.82) is 0 Å². The Bertz CT molecular complexity index is 210. The summed E-state index contributed by atoms with van der Waals surface area (Å²) in [5.74, 6) is 6.26. The molecule has 1 fully saturated rings. The molecule has 1 saturated heterocycles. The Balaban J connectivity index is 2.60. The zero-order valence-corrected chi connectivity index (χ0v) is 9.99. The lowest BCUT2D eigenvalue weighted by Crippen LogP contribution is -2.53. The van der Waals surface area contributed by atoms with Gasteiger partial charge in [0.2, 0.25) is 0 Å². The Morgan fingerprint density at radius 2 is 1.93 bits per heavy atom. The van der Waals surface area contributed by atoms with Crippen molar-refractivity contribution < 1.29 is 4.79 Å². The van der Waals surface area contributed by atoms with Crippen LogP contribution in [0.4, 0.5) is 0 Å². The van der Waals surface area contributed by atoms with E-state index in [4.69, 9.17) is 5.84 Å². The molecule has 0 unspecified atom stereocenters. The van der Waals surface area contributed by atoms with Crippen molar-refractivity contribution in [2.24, 2.45) is 17.7 Å². The minimum absolute atomic E-state index is 0.0560. The van der Waals surface area contributed by atoms with Crippen LogP contribution >= 0.6 is 0 Å². The van der Waals surface area contributed by atoms with Crippen LogP contribution in [0.2, 0.25) is 0 Å². The van der Waals surface area contributed by atoms with Gasteiger partial charge in [0.05, 0.1) is 6.04 Å². The summed E-state index contributed by atoms with van der Waals surface area (Å²) < 4.78 is 0. The summed E-state index contributed by atoms with van der Waals surface area (Å²) in [6.45, 7) is 8.43. The highest BCUT2D eigenvalue weighted by molar-refractivity contribution is 5.81. The van der Waals surface area contributed by atoms with Crippen LogP contribution in [0, 0.1) is 11.8 Å². The molecule has 4 heteroatoms. The summed E-state index contributed by atoms with van der Waals surface area (Å²) in [5, 5.41) is 0. The fraction of sp³-hybridized carbons (Fsp3) is 0.909. The normalized spacial score (nSPS) is 21.7. The topological polar surface area (TPSA) is 58.4 Å². The van der Waals surface area contributed by atoms with Crippen molar-refractivity contribution in [3.63, 3.8) is 0 Å². The molecule has 4 nitrogen and oxygen atoms in total. The predicted molar refractivity (Wildman–Crippen MR) is 60.9 cm³/mol. The van der Waals surface area contributed by atoms with Gasteiger partial charge in [-0.05, 0) is 37.8 Å². The number of nitrogens with two attached hydrogens (primary N) is 1. The quantitative estimate of drug-likeness (QED) is 0.413. The molecule has 0 aromatic rings. The van der Waals surface area contributed by atoms with E-state index < -0.39 is 0 Å². The number of amides is 1. The number of carbonyl (C=O) groups is 1. The molecule has 15 heavy (non-hydrogen) atoms. The number of piperidine rings is 1. The molecule has 0 radical (unpaired) electrons. The van der Waals surface area contributed by atoms with Gasteiger partial charge in [0.1, 0.15) is 0 Å². The van der Waals surface area contributed by atoms with Crippen molar-refractivity contribution in [3.05, 3.63) is 0 Å². The molecule has 0 aliphatic carbocycles. The fourth-order valence-electron chi connectivity index (χ4n) is 2.28. The number of rotatable bonds is 3. The molecule has 88 valence electrons. The smallest absolute Gasteiger partial charge is 0.251 e. The molecular weight excluding hydrogens is 190 g/mol. The molecule has 1 aliphatic heterocycles. The van der Waals surface area contributed by atoms with Gasteiger partial charge in [-0.15, -0.1) is 0 Å². The average Bonchev–Trinajstić information content (AvgIpc) is 2.20. The van der Waals surface area contributed by atoms with E-state index in [0.717, 1.165) is 19.0 Å². The first-order valence-corrected chi connectivity index (χ1v) is 5.80. The second-order valence-corrected chi connectivity index (χ2v) is 4.92. The van der Waals surface area contributed by atoms with Crippen LogP contribution in [0.25, 0.3) is 0 Å². The van der Waals surface area contributed by atoms with Gasteiger partial charge in [-0.2, -0.15) is 0 Å². The zero-order valence-electron chi connectivity index (χ0n) is 9.99. The van der Waals surface area contributed by atoms with Crippen LogP contribution < -0.4 is 11.3 Å². The number of carbonyl (C=O) groups excluding carboxylic acids is 1. The van der Waals surface area contributed by atoms with Crippen LogP contribution in [0.3, 0.4) is 0 Å². The lowest BCUT2D eigenvalue weighted by atomic mass is 9.94. The van der Waals surface area contributed by atoms with Crippen LogP contribution in [0.5, 0.6) is 0 Å². The van der Waals surface area contributed by atoms with Crippen LogP contribution in [0.15, 0.2) is 0 Å². The molecular formula is C11H23N3O. The number of nitrogens with zero attached hydrogens (tertiary/aromatic N) is 1. The third-order valence-electron chi connectivity index (χ3n) is 3.25. The monoisotopic (exact) mass is 213 g/mol. The SMILES string of the molecule is CC1CCN([C@@H](C(=O)NN)C(C)C)CC1. The number of hydrogen-bond donors (Lipinski definition) is 2. The molecule has 1 atom stereocenters. The second kappa shape index (κ2) is 5.47. The Labute approximate surface area is 92.2 Å². The highest BCUT2D eigenvalue weighted by Gasteiger charge is 2.30. The van der Waals surface area contributed by atoms with E-state index in [1.807, 2.05) is 0 Å². The van der Waals surface area contributed by atoms with Gasteiger partial charge >= 0.3 is 0 Å². The van der Waals surface area contributed by atoms with Gasteiger partial charge in [-0.3, -0.25) is 15.1 Å². The zero-order chi connectivity index (χ0) is 11.4. The van der Waals surface area contributed by atoms with E-state index in [2.05, 4.69) is 31.1 Å². The maximum absolute atomic E-state index is 11.7. The lowest BCUT2D eigenvalue weighted by Gasteiger charge is -2.37. The van der Waals surface area contributed by atoms with Crippen molar-refractivity contribution in [1.82, 2.24) is 10.3 Å². The first-order chi connectivity index (χ1) is 7.06. The van der Waals surface area contributed by atoms with Crippen LogP contribution in [0.1, 0.15) is 33.6 Å². The fourth-order valence-corrected chi connectivity index (χ4v) is 2.28. The van der Waals surface area contributed by atoms with Crippen molar-refractivity contribution in [2.75, 3.05) is 13.1 Å². The summed E-state index contributed by atoms with van der Waals surface area (Å²) in [6, 6.07) is -0.0671. The molecule has 0 saturated carbocycles. The maximum atomic E-state index is 11.7. The molecule has 1 aliphatic rings. The van der Waals surface area contributed by atoms with Gasteiger partial charge < -0.3 is 0 Å². The van der Waals surface area contributed by atoms with Gasteiger partial charge in [-0.25, -0.2) is 5.84 Å². The first kappa shape index (κ1) is 12.5. The summed E-state index contributed by atoms with van der Waals surface area (Å²) >= 11 is 0. The van der Waals surface area contributed by atoms with Crippen molar-refractivity contribution >= 4 is 5.91 Å². The summed E-state index contributed by atoms with van der Waals surface area (Å²) in [4.78, 5) is 13.9. The highest BCUT2D eigenvalue weighted by Crippen LogP contribution is 2.21. The van der Waals surface area contributed by atoms with Crippen molar-refractivity contribution in [2.45, 2.75) is 39.7 Å². The van der Waals surface area contributed by atoms with E-state index in [0.29, 0.717) is 5.92 Å². The van der Waals surface area contributed by atoms with E-state index in [1.165, 1.54) is 12.8 Å². The Kier molecular flexibility index (Phi) is 4.54. The average molecular weight is 213 g/mol. The Morgan fingerprint density at radius 3 is 2.33 bits per heavy atom. The van der Waals surface area contributed by atoms with E-state index in [-0.39, 0.29) is 11.9 Å². The largest absolute Gasteiger partial charge is 0.293 e. The van der Waals surface area contributed by atoms with Crippen LogP contribution in [-0.2, 0) is 4.79 Å². The van der Waals surface area contributed by atoms with E-state index >= 15 is 0 Å². The van der Waals surface area contributed by atoms with Crippen LogP contribution in [-0.4, -0.2) is 29.9 Å². The van der Waals surface area contributed by atoms with E-state index in [1.54, 1.807) is 0 Å².